The molecule has 0 radical (unpaired) electrons. The number of alkyl halides is 7. The monoisotopic (exact) mass is 476 g/mol. The highest BCUT2D eigenvalue weighted by Gasteiger charge is 2.39. The van der Waals surface area contributed by atoms with Gasteiger partial charge in [0.2, 0.25) is 0 Å². The SMILES string of the molecule is C=C(C(=O)Oc1ccc2c(c1)C(Cl)c1cc(OC(=O)C(=C)C(F)(F)F)ccc1-2)C(F)(F)F. The first-order valence-corrected chi connectivity index (χ1v) is 9.02. The third kappa shape index (κ3) is 4.50. The van der Waals surface area contributed by atoms with Gasteiger partial charge < -0.3 is 9.47 Å². The lowest BCUT2D eigenvalue weighted by Gasteiger charge is -2.11. The van der Waals surface area contributed by atoms with Crippen molar-refractivity contribution in [3.63, 3.8) is 0 Å². The Labute approximate surface area is 181 Å². The van der Waals surface area contributed by atoms with Crippen molar-refractivity contribution in [1.29, 1.82) is 0 Å². The van der Waals surface area contributed by atoms with E-state index in [0.717, 1.165) is 0 Å². The maximum absolute atomic E-state index is 12.6. The molecule has 0 fully saturated rings. The molecule has 0 saturated carbocycles. The number of rotatable bonds is 4. The van der Waals surface area contributed by atoms with Gasteiger partial charge in [-0.25, -0.2) is 9.59 Å². The molecule has 11 heteroatoms. The molecule has 0 saturated heterocycles. The van der Waals surface area contributed by atoms with Gasteiger partial charge in [-0.3, -0.25) is 0 Å². The lowest BCUT2D eigenvalue weighted by Crippen LogP contribution is -2.23. The van der Waals surface area contributed by atoms with Gasteiger partial charge in [0.15, 0.2) is 0 Å². The van der Waals surface area contributed by atoms with Gasteiger partial charge >= 0.3 is 24.3 Å². The Bertz CT molecular complexity index is 1060. The summed E-state index contributed by atoms with van der Waals surface area (Å²) in [6.45, 7) is 5.32. The maximum atomic E-state index is 12.6. The van der Waals surface area contributed by atoms with Crippen LogP contribution >= 0.6 is 11.6 Å². The van der Waals surface area contributed by atoms with E-state index in [1.807, 2.05) is 0 Å². The first-order valence-electron chi connectivity index (χ1n) is 8.59. The normalized spacial score (nSPS) is 13.2. The van der Waals surface area contributed by atoms with E-state index in [0.29, 0.717) is 22.3 Å². The molecular formula is C21H11ClF6O4. The van der Waals surface area contributed by atoms with Crippen LogP contribution in [0.3, 0.4) is 0 Å². The minimum Gasteiger partial charge on any atom is -0.423 e. The molecule has 0 spiro atoms. The van der Waals surface area contributed by atoms with E-state index < -0.39 is 40.8 Å². The van der Waals surface area contributed by atoms with Gasteiger partial charge in [-0.15, -0.1) is 11.6 Å². The van der Waals surface area contributed by atoms with Crippen LogP contribution in [-0.2, 0) is 9.59 Å². The van der Waals surface area contributed by atoms with E-state index in [2.05, 4.69) is 13.2 Å². The number of carbonyl (C=O) groups excluding carboxylic acids is 2. The summed E-state index contributed by atoms with van der Waals surface area (Å²) in [6.07, 6.45) is -9.91. The predicted molar refractivity (Wildman–Crippen MR) is 101 cm³/mol. The molecule has 0 aliphatic heterocycles. The Hall–Kier alpha value is -3.27. The van der Waals surface area contributed by atoms with Crippen LogP contribution in [0.5, 0.6) is 11.5 Å². The Kier molecular flexibility index (Phi) is 5.86. The van der Waals surface area contributed by atoms with E-state index >= 15 is 0 Å². The maximum Gasteiger partial charge on any atom is 0.422 e. The predicted octanol–water partition coefficient (Wildman–Crippen LogP) is 6.04. The van der Waals surface area contributed by atoms with Crippen LogP contribution in [0.15, 0.2) is 60.7 Å². The molecule has 0 N–H and O–H groups in total. The molecule has 0 atom stereocenters. The van der Waals surface area contributed by atoms with Gasteiger partial charge in [0.05, 0.1) is 5.38 Å². The van der Waals surface area contributed by atoms with Crippen molar-refractivity contribution in [2.75, 3.05) is 0 Å². The molecule has 0 heterocycles. The lowest BCUT2D eigenvalue weighted by molar-refractivity contribution is -0.143. The van der Waals surface area contributed by atoms with Crippen LogP contribution in [-0.4, -0.2) is 24.3 Å². The zero-order valence-corrected chi connectivity index (χ0v) is 16.5. The highest BCUT2D eigenvalue weighted by Crippen LogP contribution is 2.49. The molecular weight excluding hydrogens is 466 g/mol. The third-order valence-electron chi connectivity index (χ3n) is 4.48. The van der Waals surface area contributed by atoms with Crippen molar-refractivity contribution in [3.8, 4) is 22.6 Å². The highest BCUT2D eigenvalue weighted by atomic mass is 35.5. The molecule has 1 aliphatic carbocycles. The topological polar surface area (TPSA) is 52.6 Å². The molecule has 0 unspecified atom stereocenters. The Morgan fingerprint density at radius 1 is 0.750 bits per heavy atom. The molecule has 32 heavy (non-hydrogen) atoms. The van der Waals surface area contributed by atoms with E-state index in [9.17, 15) is 35.9 Å². The van der Waals surface area contributed by atoms with Crippen LogP contribution in [0.2, 0.25) is 0 Å². The lowest BCUT2D eigenvalue weighted by atomic mass is 10.1. The largest absolute Gasteiger partial charge is 0.423 e. The van der Waals surface area contributed by atoms with Crippen LogP contribution in [0.25, 0.3) is 11.1 Å². The van der Waals surface area contributed by atoms with Gasteiger partial charge in [0.25, 0.3) is 0 Å². The van der Waals surface area contributed by atoms with Gasteiger partial charge in [-0.2, -0.15) is 26.3 Å². The highest BCUT2D eigenvalue weighted by molar-refractivity contribution is 6.24. The average Bonchev–Trinajstić information content (AvgIpc) is 2.96. The quantitative estimate of drug-likeness (QED) is 0.177. The fourth-order valence-electron chi connectivity index (χ4n) is 2.85. The number of hydrogen-bond acceptors (Lipinski definition) is 4. The smallest absolute Gasteiger partial charge is 0.422 e. The zero-order chi connectivity index (χ0) is 24.0. The number of halogens is 7. The molecule has 4 nitrogen and oxygen atoms in total. The van der Waals surface area contributed by atoms with Crippen molar-refractivity contribution in [2.24, 2.45) is 0 Å². The van der Waals surface area contributed by atoms with Gasteiger partial charge in [-0.05, 0) is 46.5 Å². The summed E-state index contributed by atoms with van der Waals surface area (Å²) < 4.78 is 84.9. The van der Waals surface area contributed by atoms with Gasteiger partial charge in [0, 0.05) is 0 Å². The van der Waals surface area contributed by atoms with Crippen LogP contribution in [0.4, 0.5) is 26.3 Å². The minimum atomic E-state index is -4.95. The van der Waals surface area contributed by atoms with E-state index in [1.165, 1.54) is 36.4 Å². The number of benzene rings is 2. The number of fused-ring (bicyclic) bond motifs is 3. The van der Waals surface area contributed by atoms with Crippen LogP contribution in [0, 0.1) is 0 Å². The van der Waals surface area contributed by atoms with Crippen LogP contribution < -0.4 is 9.47 Å². The fourth-order valence-corrected chi connectivity index (χ4v) is 3.22. The number of ether oxygens (including phenoxy) is 2. The summed E-state index contributed by atoms with van der Waals surface area (Å²) in [5.74, 6) is -3.80. The zero-order valence-electron chi connectivity index (χ0n) is 15.7. The molecule has 1 aliphatic rings. The Balaban J connectivity index is 1.83. The fraction of sp³-hybridized carbons (Fsp3) is 0.143. The molecule has 2 aromatic carbocycles. The van der Waals surface area contributed by atoms with Crippen molar-refractivity contribution in [2.45, 2.75) is 17.7 Å². The van der Waals surface area contributed by atoms with E-state index in [4.69, 9.17) is 21.1 Å². The second-order valence-corrected chi connectivity index (χ2v) is 7.03. The van der Waals surface area contributed by atoms with Gasteiger partial charge in [0.1, 0.15) is 22.6 Å². The first kappa shape index (κ1) is 23.4. The number of hydrogen-bond donors (Lipinski definition) is 0. The van der Waals surface area contributed by atoms with Crippen molar-refractivity contribution >= 4 is 23.5 Å². The van der Waals surface area contributed by atoms with Crippen LogP contribution in [0.1, 0.15) is 16.5 Å². The summed E-state index contributed by atoms with van der Waals surface area (Å²) in [5.41, 5.74) is -1.54. The average molecular weight is 477 g/mol. The minimum absolute atomic E-state index is 0.217. The Morgan fingerprint density at radius 2 is 1.09 bits per heavy atom. The summed E-state index contributed by atoms with van der Waals surface area (Å²) in [7, 11) is 0. The standard InChI is InChI=1S/C21H11ClF6O4/c1-9(20(23,24)25)18(29)31-11-3-5-13-14-6-4-12(8-16(14)17(22)15(13)7-11)32-19(30)10(2)21(26,27)28/h3-8,17H,1-2H2. The summed E-state index contributed by atoms with van der Waals surface area (Å²) in [5, 5.41) is -0.908. The second kappa shape index (κ2) is 8.01. The third-order valence-corrected chi connectivity index (χ3v) is 4.95. The summed E-state index contributed by atoms with van der Waals surface area (Å²) >= 11 is 6.38. The summed E-state index contributed by atoms with van der Waals surface area (Å²) in [6, 6.07) is 7.91. The molecule has 0 amide bonds. The number of esters is 2. The van der Waals surface area contributed by atoms with Crippen molar-refractivity contribution in [1.82, 2.24) is 0 Å². The van der Waals surface area contributed by atoms with Crippen molar-refractivity contribution < 1.29 is 45.4 Å². The molecule has 168 valence electrons. The second-order valence-electron chi connectivity index (χ2n) is 6.59. The Morgan fingerprint density at radius 3 is 1.41 bits per heavy atom. The van der Waals surface area contributed by atoms with E-state index in [1.54, 1.807) is 0 Å². The number of carbonyl (C=O) groups is 2. The molecule has 3 rings (SSSR count). The molecule has 2 aromatic rings. The molecule has 0 aromatic heterocycles. The van der Waals surface area contributed by atoms with Gasteiger partial charge in [-0.1, -0.05) is 25.3 Å². The first-order chi connectivity index (χ1) is 14.7. The summed E-state index contributed by atoms with van der Waals surface area (Å²) in [4.78, 5) is 23.2. The van der Waals surface area contributed by atoms with E-state index in [-0.39, 0.29) is 11.5 Å². The van der Waals surface area contributed by atoms with Crippen molar-refractivity contribution in [3.05, 3.63) is 71.8 Å². The molecule has 0 bridgehead atoms.